The molecule has 0 aromatic rings. The molecule has 0 radical (unpaired) electrons. The van der Waals surface area contributed by atoms with Crippen LogP contribution in [0.2, 0.25) is 0 Å². The fourth-order valence-electron chi connectivity index (χ4n) is 1.24. The molecule has 1 fully saturated rings. The monoisotopic (exact) mass is 283 g/mol. The molecule has 0 aliphatic heterocycles. The highest BCUT2D eigenvalue weighted by molar-refractivity contribution is 6.07. The summed E-state index contributed by atoms with van der Waals surface area (Å²) < 4.78 is 0. The van der Waals surface area contributed by atoms with Gasteiger partial charge in [-0.25, -0.2) is 9.59 Å². The molecule has 0 spiro atoms. The molecule has 0 bridgehead atoms. The topological polar surface area (TPSA) is 125 Å². The van der Waals surface area contributed by atoms with E-state index in [1.54, 1.807) is 0 Å². The fraction of sp³-hybridized carbons (Fsp3) is 0.500. The summed E-state index contributed by atoms with van der Waals surface area (Å²) in [7, 11) is 0. The normalized spacial score (nSPS) is 14.9. The summed E-state index contributed by atoms with van der Waals surface area (Å²) in [4.78, 5) is 44.9. The van der Waals surface area contributed by atoms with Crippen LogP contribution >= 0.6 is 0 Å². The Labute approximate surface area is 115 Å². The summed E-state index contributed by atoms with van der Waals surface area (Å²) >= 11 is 0. The summed E-state index contributed by atoms with van der Waals surface area (Å²) in [5.41, 5.74) is -0.225. The standard InChI is InChI=1S/C12H17N3O5/c1-6(7(2)11(18)19)10(17)15-12(20)13-5-9(16)14-8-3-4-8/h8H,3-5H2,1-2H3,(H,14,16)(H,18,19)(H2,13,15,17,20). The Morgan fingerprint density at radius 2 is 1.70 bits per heavy atom. The second kappa shape index (κ2) is 6.69. The van der Waals surface area contributed by atoms with Crippen molar-refractivity contribution in [3.8, 4) is 0 Å². The number of nitrogens with one attached hydrogen (secondary N) is 3. The van der Waals surface area contributed by atoms with E-state index in [9.17, 15) is 19.2 Å². The van der Waals surface area contributed by atoms with Crippen LogP contribution in [0.4, 0.5) is 4.79 Å². The number of hydrogen-bond acceptors (Lipinski definition) is 4. The molecule has 1 aliphatic rings. The molecule has 4 amide bonds. The third kappa shape index (κ3) is 5.09. The van der Waals surface area contributed by atoms with E-state index in [1.807, 2.05) is 5.32 Å². The van der Waals surface area contributed by atoms with Gasteiger partial charge in [0.05, 0.1) is 6.54 Å². The highest BCUT2D eigenvalue weighted by Crippen LogP contribution is 2.18. The molecule has 0 aromatic carbocycles. The third-order valence-electron chi connectivity index (χ3n) is 2.80. The Kier molecular flexibility index (Phi) is 5.24. The van der Waals surface area contributed by atoms with E-state index in [0.717, 1.165) is 12.8 Å². The van der Waals surface area contributed by atoms with Crippen molar-refractivity contribution in [2.45, 2.75) is 32.7 Å². The molecule has 1 rings (SSSR count). The maximum atomic E-state index is 11.5. The SMILES string of the molecule is CC(C(=O)O)=C(C)C(=O)NC(=O)NCC(=O)NC1CC1. The van der Waals surface area contributed by atoms with Gasteiger partial charge in [-0.2, -0.15) is 0 Å². The lowest BCUT2D eigenvalue weighted by molar-refractivity contribution is -0.133. The molecule has 1 saturated carbocycles. The number of carboxylic acid groups (broad SMARTS) is 1. The minimum Gasteiger partial charge on any atom is -0.478 e. The molecule has 110 valence electrons. The first kappa shape index (κ1) is 15.7. The summed E-state index contributed by atoms with van der Waals surface area (Å²) in [5, 5.41) is 15.5. The number of aliphatic carboxylic acids is 1. The highest BCUT2D eigenvalue weighted by atomic mass is 16.4. The van der Waals surface area contributed by atoms with Gasteiger partial charge in [0.25, 0.3) is 5.91 Å². The zero-order chi connectivity index (χ0) is 15.3. The van der Waals surface area contributed by atoms with Crippen molar-refractivity contribution < 1.29 is 24.3 Å². The predicted molar refractivity (Wildman–Crippen MR) is 68.7 cm³/mol. The average molecular weight is 283 g/mol. The Hall–Kier alpha value is -2.38. The number of amides is 4. The van der Waals surface area contributed by atoms with Gasteiger partial charge in [-0.1, -0.05) is 0 Å². The van der Waals surface area contributed by atoms with Crippen molar-refractivity contribution in [1.82, 2.24) is 16.0 Å². The predicted octanol–water partition coefficient (Wildman–Crippen LogP) is -0.488. The maximum Gasteiger partial charge on any atom is 0.331 e. The van der Waals surface area contributed by atoms with Crippen LogP contribution in [-0.4, -0.2) is 41.5 Å². The van der Waals surface area contributed by atoms with E-state index in [4.69, 9.17) is 5.11 Å². The van der Waals surface area contributed by atoms with Crippen molar-refractivity contribution in [3.63, 3.8) is 0 Å². The molecular weight excluding hydrogens is 266 g/mol. The Bertz CT molecular complexity index is 479. The van der Waals surface area contributed by atoms with Crippen LogP contribution < -0.4 is 16.0 Å². The van der Waals surface area contributed by atoms with E-state index in [2.05, 4.69) is 10.6 Å². The van der Waals surface area contributed by atoms with Crippen LogP contribution in [-0.2, 0) is 14.4 Å². The summed E-state index contributed by atoms with van der Waals surface area (Å²) in [5.74, 6) is -2.38. The molecule has 8 heteroatoms. The molecule has 0 heterocycles. The fourth-order valence-corrected chi connectivity index (χ4v) is 1.24. The van der Waals surface area contributed by atoms with Crippen molar-refractivity contribution in [2.75, 3.05) is 6.54 Å². The zero-order valence-electron chi connectivity index (χ0n) is 11.3. The lowest BCUT2D eigenvalue weighted by atomic mass is 10.1. The quantitative estimate of drug-likeness (QED) is 0.507. The van der Waals surface area contributed by atoms with Crippen LogP contribution in [0.3, 0.4) is 0 Å². The van der Waals surface area contributed by atoms with Gasteiger partial charge in [0.15, 0.2) is 0 Å². The van der Waals surface area contributed by atoms with E-state index in [0.29, 0.717) is 0 Å². The first-order chi connectivity index (χ1) is 9.31. The molecule has 0 atom stereocenters. The molecule has 1 aliphatic carbocycles. The smallest absolute Gasteiger partial charge is 0.331 e. The van der Waals surface area contributed by atoms with Gasteiger partial charge in [-0.3, -0.25) is 14.9 Å². The minimum absolute atomic E-state index is 0.0740. The number of carbonyl (C=O) groups is 4. The average Bonchev–Trinajstić information content (AvgIpc) is 3.18. The van der Waals surface area contributed by atoms with Gasteiger partial charge < -0.3 is 15.7 Å². The Balaban J connectivity index is 2.37. The second-order valence-electron chi connectivity index (χ2n) is 4.53. The van der Waals surface area contributed by atoms with Crippen LogP contribution in [0.1, 0.15) is 26.7 Å². The lowest BCUT2D eigenvalue weighted by Crippen LogP contribution is -2.44. The summed E-state index contributed by atoms with van der Waals surface area (Å²) in [6.07, 6.45) is 1.88. The Morgan fingerprint density at radius 3 is 2.20 bits per heavy atom. The second-order valence-corrected chi connectivity index (χ2v) is 4.53. The molecule has 20 heavy (non-hydrogen) atoms. The van der Waals surface area contributed by atoms with Gasteiger partial charge in [0, 0.05) is 17.2 Å². The zero-order valence-corrected chi connectivity index (χ0v) is 11.3. The molecule has 0 saturated heterocycles. The van der Waals surface area contributed by atoms with Gasteiger partial charge in [0.1, 0.15) is 0 Å². The van der Waals surface area contributed by atoms with Crippen LogP contribution in [0.25, 0.3) is 0 Å². The molecule has 0 unspecified atom stereocenters. The molecular formula is C12H17N3O5. The van der Waals surface area contributed by atoms with Gasteiger partial charge in [0.2, 0.25) is 5.91 Å². The number of imide groups is 1. The van der Waals surface area contributed by atoms with Crippen LogP contribution in [0, 0.1) is 0 Å². The van der Waals surface area contributed by atoms with E-state index in [1.165, 1.54) is 13.8 Å². The van der Waals surface area contributed by atoms with Crippen LogP contribution in [0.15, 0.2) is 11.1 Å². The number of urea groups is 1. The Morgan fingerprint density at radius 1 is 1.10 bits per heavy atom. The first-order valence-electron chi connectivity index (χ1n) is 6.10. The maximum absolute atomic E-state index is 11.5. The highest BCUT2D eigenvalue weighted by Gasteiger charge is 2.23. The number of hydrogen-bond donors (Lipinski definition) is 4. The minimum atomic E-state index is -1.23. The van der Waals surface area contributed by atoms with Gasteiger partial charge >= 0.3 is 12.0 Å². The summed E-state index contributed by atoms with van der Waals surface area (Å²) in [6.45, 7) is 2.32. The van der Waals surface area contributed by atoms with Crippen molar-refractivity contribution in [1.29, 1.82) is 0 Å². The molecule has 8 nitrogen and oxygen atoms in total. The number of rotatable bonds is 5. The lowest BCUT2D eigenvalue weighted by Gasteiger charge is -2.08. The van der Waals surface area contributed by atoms with Gasteiger partial charge in [-0.15, -0.1) is 0 Å². The van der Waals surface area contributed by atoms with Crippen molar-refractivity contribution in [3.05, 3.63) is 11.1 Å². The van der Waals surface area contributed by atoms with E-state index >= 15 is 0 Å². The third-order valence-corrected chi connectivity index (χ3v) is 2.80. The van der Waals surface area contributed by atoms with Crippen molar-refractivity contribution in [2.24, 2.45) is 0 Å². The molecule has 4 N–H and O–H groups in total. The van der Waals surface area contributed by atoms with Crippen LogP contribution in [0.5, 0.6) is 0 Å². The van der Waals surface area contributed by atoms with E-state index in [-0.39, 0.29) is 29.6 Å². The first-order valence-corrected chi connectivity index (χ1v) is 6.10. The molecule has 0 aromatic heterocycles. The van der Waals surface area contributed by atoms with Crippen molar-refractivity contribution >= 4 is 23.8 Å². The number of carbonyl (C=O) groups excluding carboxylic acids is 3. The largest absolute Gasteiger partial charge is 0.478 e. The number of carboxylic acids is 1. The summed E-state index contributed by atoms with van der Waals surface area (Å²) in [6, 6.07) is -0.657. The van der Waals surface area contributed by atoms with E-state index < -0.39 is 17.9 Å². The van der Waals surface area contributed by atoms with Gasteiger partial charge in [-0.05, 0) is 26.7 Å².